The first-order chi connectivity index (χ1) is 8.33. The van der Waals surface area contributed by atoms with Gasteiger partial charge in [-0.3, -0.25) is 0 Å². The quantitative estimate of drug-likeness (QED) is 0.551. The average molecular weight is 409 g/mol. The van der Waals surface area contributed by atoms with Crippen molar-refractivity contribution in [1.82, 2.24) is 4.98 Å². The normalized spacial score (nSPS) is 14.2. The van der Waals surface area contributed by atoms with E-state index in [4.69, 9.17) is 0 Å². The summed E-state index contributed by atoms with van der Waals surface area (Å²) < 4.78 is 15.6. The Labute approximate surface area is 140 Å². The van der Waals surface area contributed by atoms with E-state index in [-0.39, 0.29) is 24.8 Å². The van der Waals surface area contributed by atoms with Gasteiger partial charge in [0.15, 0.2) is 0 Å². The number of allylic oxidation sites excluding steroid dienone is 4. The van der Waals surface area contributed by atoms with E-state index in [1.54, 1.807) is 11.3 Å². The Morgan fingerprint density at radius 1 is 1.26 bits per heavy atom. The van der Waals surface area contributed by atoms with Gasteiger partial charge in [0, 0.05) is 0 Å². The minimum atomic E-state index is -1.01. The van der Waals surface area contributed by atoms with Gasteiger partial charge in [0.2, 0.25) is 0 Å². The van der Waals surface area contributed by atoms with Crippen molar-refractivity contribution >= 4 is 29.1 Å². The predicted octanol–water partition coefficient (Wildman–Crippen LogP) is -2.75. The first-order valence-corrected chi connectivity index (χ1v) is 11.4. The molecule has 0 aliphatic heterocycles. The fourth-order valence-corrected chi connectivity index (χ4v) is 9.58. The summed E-state index contributed by atoms with van der Waals surface area (Å²) in [5, 5.41) is 0. The van der Waals surface area contributed by atoms with Gasteiger partial charge in [-0.15, -0.1) is 0 Å². The van der Waals surface area contributed by atoms with Crippen LogP contribution in [0.3, 0.4) is 0 Å². The molecule has 3 rings (SSSR count). The molecule has 1 unspecified atom stereocenters. The maximum atomic E-state index is 12.2. The van der Waals surface area contributed by atoms with E-state index in [0.717, 1.165) is 21.0 Å². The molecule has 0 bridgehead atoms. The summed E-state index contributed by atoms with van der Waals surface area (Å²) in [5.41, 5.74) is 0.971. The number of nitrogens with zero attached hydrogens (tertiary/aromatic N) is 1. The van der Waals surface area contributed by atoms with E-state index < -0.39 is 29.3 Å². The number of hydrogen-bond donors (Lipinski definition) is 0. The summed E-state index contributed by atoms with van der Waals surface area (Å²) in [5.74, 6) is 0. The maximum absolute atomic E-state index is 12.2. The molecule has 0 N–H and O–H groups in total. The zero-order valence-corrected chi connectivity index (χ0v) is 15.3. The zero-order valence-electron chi connectivity index (χ0n) is 9.68. The van der Waals surface area contributed by atoms with Crippen molar-refractivity contribution in [3.63, 3.8) is 0 Å². The van der Waals surface area contributed by atoms with Crippen molar-refractivity contribution in [3.05, 3.63) is 45.8 Å². The van der Waals surface area contributed by atoms with E-state index in [2.05, 4.69) is 23.2 Å². The van der Waals surface area contributed by atoms with Gasteiger partial charge >= 0.3 is 117 Å². The molecule has 0 radical (unpaired) electrons. The van der Waals surface area contributed by atoms with E-state index in [9.17, 15) is 4.21 Å². The van der Waals surface area contributed by atoms with Crippen LogP contribution in [0, 0.1) is 0 Å². The fraction of sp³-hybridized carbons (Fsp3) is 0.0833. The van der Waals surface area contributed by atoms with Gasteiger partial charge in [0.25, 0.3) is 0 Å². The van der Waals surface area contributed by atoms with Crippen molar-refractivity contribution in [1.29, 1.82) is 0 Å². The zero-order chi connectivity index (χ0) is 11.7. The van der Waals surface area contributed by atoms with Gasteiger partial charge < -0.3 is 24.8 Å². The number of thiazole rings is 1. The second kappa shape index (κ2) is 7.85. The molecular formula is C12H9Cl2NOS2Zr. The number of hydrogen-bond acceptors (Lipinski definition) is 3. The second-order valence-corrected chi connectivity index (χ2v) is 11.9. The summed E-state index contributed by atoms with van der Waals surface area (Å²) in [6.07, 6.45) is 7.32. The molecule has 19 heavy (non-hydrogen) atoms. The van der Waals surface area contributed by atoms with Crippen LogP contribution >= 0.6 is 11.3 Å². The molecule has 2 nitrogen and oxygen atoms in total. The molecule has 1 aliphatic rings. The molecule has 1 heterocycles. The van der Waals surface area contributed by atoms with Gasteiger partial charge in [-0.1, -0.05) is 0 Å². The molecule has 1 aromatic carbocycles. The summed E-state index contributed by atoms with van der Waals surface area (Å²) in [6, 6.07) is 7.98. The number of benzene rings is 1. The molecular weight excluding hydrogens is 400 g/mol. The molecule has 2 aromatic rings. The van der Waals surface area contributed by atoms with Gasteiger partial charge in [0.05, 0.1) is 0 Å². The Kier molecular flexibility index (Phi) is 7.13. The van der Waals surface area contributed by atoms with Crippen LogP contribution in [0.5, 0.6) is 0 Å². The topological polar surface area (TPSA) is 30.0 Å². The van der Waals surface area contributed by atoms with Crippen molar-refractivity contribution in [2.24, 2.45) is 0 Å². The standard InChI is InChI=1S/C7H4NOS2.C5H5.2ClH.Zr/c9-11-7-8-5-3-1-2-4-6(5)10-7;1-2-4-5-3-1;;;/h1-4H;1-3H,4H2;2*1H;/q+1;;;;+1/p-2. The third kappa shape index (κ3) is 4.09. The number of aromatic nitrogens is 1. The fourth-order valence-electron chi connectivity index (χ4n) is 1.62. The van der Waals surface area contributed by atoms with E-state index in [1.165, 1.54) is 3.28 Å². The molecule has 1 atom stereocenters. The molecule has 0 amide bonds. The van der Waals surface area contributed by atoms with Crippen LogP contribution in [-0.4, -0.2) is 9.19 Å². The van der Waals surface area contributed by atoms with Crippen LogP contribution in [0.25, 0.3) is 10.2 Å². The Morgan fingerprint density at radius 3 is 2.74 bits per heavy atom. The molecule has 0 fully saturated rings. The summed E-state index contributed by atoms with van der Waals surface area (Å²) in [4.78, 5) is 4.47. The summed E-state index contributed by atoms with van der Waals surface area (Å²) >= 11 is 0.564. The Balaban J connectivity index is 0.000000902. The summed E-state index contributed by atoms with van der Waals surface area (Å²) in [6.45, 7) is 0. The molecule has 7 heteroatoms. The average Bonchev–Trinajstić information content (AvgIpc) is 2.96. The van der Waals surface area contributed by atoms with Gasteiger partial charge in [-0.25, -0.2) is 0 Å². The number of halogens is 2. The molecule has 0 saturated heterocycles. The Hall–Kier alpha value is 0.203. The number of fused-ring (bicyclic) bond motifs is 1. The minimum absolute atomic E-state index is 0. The third-order valence-electron chi connectivity index (χ3n) is 2.43. The smallest absolute Gasteiger partial charge is 1.00 e. The largest absolute Gasteiger partial charge is 1.00 e. The van der Waals surface area contributed by atoms with Crippen LogP contribution in [-0.2, 0) is 29.3 Å². The van der Waals surface area contributed by atoms with Crippen LogP contribution in [0.1, 0.15) is 6.42 Å². The predicted molar refractivity (Wildman–Crippen MR) is 67.9 cm³/mol. The first kappa shape index (κ1) is 17.3. The van der Waals surface area contributed by atoms with Gasteiger partial charge in [0.1, 0.15) is 0 Å². The van der Waals surface area contributed by atoms with Crippen molar-refractivity contribution in [2.75, 3.05) is 0 Å². The van der Waals surface area contributed by atoms with Crippen molar-refractivity contribution in [3.8, 4) is 0 Å². The monoisotopic (exact) mass is 407 g/mol. The Bertz CT molecular complexity index is 621. The molecule has 98 valence electrons. The number of para-hydroxylation sites is 1. The second-order valence-electron chi connectivity index (χ2n) is 3.64. The minimum Gasteiger partial charge on any atom is -1.00 e. The molecule has 1 aliphatic carbocycles. The van der Waals surface area contributed by atoms with Crippen molar-refractivity contribution < 1.29 is 50.8 Å². The molecule has 1 aromatic heterocycles. The summed E-state index contributed by atoms with van der Waals surface area (Å²) in [7, 11) is -0.837. The van der Waals surface area contributed by atoms with Crippen LogP contribution in [0.2, 0.25) is 0 Å². The SMILES string of the molecule is O=[S]([Zr+2][C]1=CC=CC1)c1nc2ccccc2s1.[Cl-].[Cl-]. The van der Waals surface area contributed by atoms with Crippen molar-refractivity contribution in [2.45, 2.75) is 10.8 Å². The molecule has 0 saturated carbocycles. The Morgan fingerprint density at radius 2 is 2.05 bits per heavy atom. The third-order valence-corrected chi connectivity index (χ3v) is 11.5. The van der Waals surface area contributed by atoms with Gasteiger partial charge in [-0.05, 0) is 0 Å². The van der Waals surface area contributed by atoms with Gasteiger partial charge in [-0.2, -0.15) is 0 Å². The first-order valence-electron chi connectivity index (χ1n) is 5.22. The van der Waals surface area contributed by atoms with E-state index in [0.29, 0.717) is 0 Å². The van der Waals surface area contributed by atoms with E-state index >= 15 is 0 Å². The maximum Gasteiger partial charge on any atom is -1.00 e. The number of rotatable bonds is 3. The van der Waals surface area contributed by atoms with Crippen LogP contribution in [0.4, 0.5) is 0 Å². The van der Waals surface area contributed by atoms with E-state index in [1.807, 2.05) is 24.3 Å². The van der Waals surface area contributed by atoms with Crippen LogP contribution in [0.15, 0.2) is 50.1 Å². The van der Waals surface area contributed by atoms with Crippen LogP contribution < -0.4 is 24.8 Å². The molecule has 0 spiro atoms.